The highest BCUT2D eigenvalue weighted by molar-refractivity contribution is 6.11. The molecule has 4 aromatic rings. The number of aromatic nitrogens is 4. The summed E-state index contributed by atoms with van der Waals surface area (Å²) in [5.41, 5.74) is 1.59. The second-order valence-corrected chi connectivity index (χ2v) is 10.7. The van der Waals surface area contributed by atoms with Gasteiger partial charge in [0.2, 0.25) is 0 Å². The second-order valence-electron chi connectivity index (χ2n) is 10.7. The van der Waals surface area contributed by atoms with Crippen LogP contribution in [0.3, 0.4) is 0 Å². The number of aryl methyl sites for hydroxylation is 3. The summed E-state index contributed by atoms with van der Waals surface area (Å²) in [4.78, 5) is 68.7. The molecule has 0 aliphatic rings. The van der Waals surface area contributed by atoms with Crippen LogP contribution in [0.4, 0.5) is 17.1 Å². The summed E-state index contributed by atoms with van der Waals surface area (Å²) in [6, 6.07) is 5.76. The fraction of sp³-hybridized carbons (Fsp3) is 0.267. The van der Waals surface area contributed by atoms with Gasteiger partial charge in [0.05, 0.1) is 28.2 Å². The van der Waals surface area contributed by atoms with Crippen molar-refractivity contribution in [3.8, 4) is 0 Å². The topological polar surface area (TPSA) is 185 Å². The van der Waals surface area contributed by atoms with Crippen molar-refractivity contribution >= 4 is 46.7 Å². The van der Waals surface area contributed by atoms with Crippen LogP contribution in [0.5, 0.6) is 0 Å². The van der Waals surface area contributed by atoms with Gasteiger partial charge in [0.25, 0.3) is 23.6 Å². The Hall–Kier alpha value is -5.70. The van der Waals surface area contributed by atoms with E-state index in [0.29, 0.717) is 23.6 Å². The maximum absolute atomic E-state index is 13.1. The van der Waals surface area contributed by atoms with Crippen LogP contribution in [0.1, 0.15) is 58.6 Å². The Morgan fingerprint density at radius 3 is 1.67 bits per heavy atom. The van der Waals surface area contributed by atoms with E-state index in [2.05, 4.69) is 26.3 Å². The van der Waals surface area contributed by atoms with Crippen molar-refractivity contribution < 1.29 is 29.1 Å². The van der Waals surface area contributed by atoms with E-state index in [9.17, 15) is 29.1 Å². The summed E-state index contributed by atoms with van der Waals surface area (Å²) < 4.78 is 4.68. The van der Waals surface area contributed by atoms with Crippen molar-refractivity contribution in [2.24, 2.45) is 21.1 Å². The molecule has 4 rings (SSSR count). The normalized spacial score (nSPS) is 10.9. The quantitative estimate of drug-likeness (QED) is 0.150. The van der Waals surface area contributed by atoms with E-state index >= 15 is 0 Å². The van der Waals surface area contributed by atoms with Crippen molar-refractivity contribution in [3.63, 3.8) is 0 Å². The predicted molar refractivity (Wildman–Crippen MR) is 167 cm³/mol. The molecule has 0 saturated heterocycles. The lowest BCUT2D eigenvalue weighted by atomic mass is 10.1. The minimum atomic E-state index is -1.27. The van der Waals surface area contributed by atoms with Gasteiger partial charge in [-0.3, -0.25) is 24.2 Å². The van der Waals surface area contributed by atoms with Crippen molar-refractivity contribution in [2.75, 3.05) is 43.1 Å². The zero-order valence-electron chi connectivity index (χ0n) is 25.5. The van der Waals surface area contributed by atoms with Crippen LogP contribution in [0.15, 0.2) is 55.2 Å². The van der Waals surface area contributed by atoms with Gasteiger partial charge in [0.15, 0.2) is 0 Å². The molecule has 45 heavy (non-hydrogen) atoms. The molecule has 0 fully saturated rings. The largest absolute Gasteiger partial charge is 0.478 e. The van der Waals surface area contributed by atoms with Gasteiger partial charge in [-0.05, 0) is 51.3 Å². The number of nitrogens with zero attached hydrogens (tertiary/aromatic N) is 5. The van der Waals surface area contributed by atoms with E-state index in [1.54, 1.807) is 48.7 Å². The van der Waals surface area contributed by atoms with E-state index in [1.165, 1.54) is 35.2 Å². The summed E-state index contributed by atoms with van der Waals surface area (Å²) in [6.45, 7) is 1.38. The molecule has 0 unspecified atom stereocenters. The number of pyridine rings is 1. The lowest BCUT2D eigenvalue weighted by Gasteiger charge is -2.10. The monoisotopic (exact) mass is 617 g/mol. The Kier molecular flexibility index (Phi) is 9.83. The number of amides is 4. The van der Waals surface area contributed by atoms with E-state index in [-0.39, 0.29) is 34.1 Å². The Morgan fingerprint density at radius 2 is 1.20 bits per heavy atom. The highest BCUT2D eigenvalue weighted by atomic mass is 16.4. The summed E-state index contributed by atoms with van der Waals surface area (Å²) in [5, 5.41) is 20.3. The van der Waals surface area contributed by atoms with E-state index < -0.39 is 23.7 Å². The van der Waals surface area contributed by atoms with Crippen molar-refractivity contribution in [2.45, 2.75) is 6.42 Å². The molecule has 15 nitrogen and oxygen atoms in total. The van der Waals surface area contributed by atoms with Gasteiger partial charge in [-0.15, -0.1) is 0 Å². The van der Waals surface area contributed by atoms with E-state index in [0.717, 1.165) is 19.2 Å². The fourth-order valence-corrected chi connectivity index (χ4v) is 4.61. The maximum atomic E-state index is 13.1. The fourth-order valence-electron chi connectivity index (χ4n) is 4.61. The van der Waals surface area contributed by atoms with Gasteiger partial charge in [-0.1, -0.05) is 0 Å². The Balaban J connectivity index is 1.38. The third-order valence-corrected chi connectivity index (χ3v) is 6.85. The van der Waals surface area contributed by atoms with Gasteiger partial charge in [0.1, 0.15) is 17.1 Å². The molecule has 4 heterocycles. The molecule has 4 aromatic heterocycles. The standard InChI is InChI=1S/C30H35N9O6/c1-36(2)10-6-8-32-27(41)23-11-19(16-37(23)3)34-29(43)25-13-20(17-39(25)5)35-28(42)24-12-18(15-38(24)4)33-26(40)22-14-31-9-7-21(22)30(44)45/h7,9,11-17H,6,8,10H2,1-5H3,(H,32,41)(H,33,40)(H,34,43)(H,35,42)(H,44,45). The third-order valence-electron chi connectivity index (χ3n) is 6.85. The van der Waals surface area contributed by atoms with E-state index in [4.69, 9.17) is 0 Å². The minimum absolute atomic E-state index is 0.124. The van der Waals surface area contributed by atoms with E-state index in [1.807, 2.05) is 19.0 Å². The number of aromatic carboxylic acids is 1. The summed E-state index contributed by atoms with van der Waals surface area (Å²) in [7, 11) is 8.91. The van der Waals surface area contributed by atoms with Crippen molar-refractivity contribution in [3.05, 3.63) is 83.5 Å². The van der Waals surface area contributed by atoms with Gasteiger partial charge in [0, 0.05) is 58.7 Å². The average molecular weight is 618 g/mol. The number of hydrogen-bond donors (Lipinski definition) is 5. The summed E-state index contributed by atoms with van der Waals surface area (Å²) >= 11 is 0. The second kappa shape index (κ2) is 13.7. The number of carbonyl (C=O) groups excluding carboxylic acids is 4. The lowest BCUT2D eigenvalue weighted by Crippen LogP contribution is -2.28. The molecular formula is C30H35N9O6. The Labute approximate surface area is 258 Å². The highest BCUT2D eigenvalue weighted by Gasteiger charge is 2.20. The molecule has 15 heteroatoms. The van der Waals surface area contributed by atoms with Crippen LogP contribution in [0, 0.1) is 0 Å². The SMILES string of the molecule is CN(C)CCCNC(=O)c1cc(NC(=O)c2cc(NC(=O)c3cc(NC(=O)c4cnccc4C(=O)O)cn3C)cn2C)cn1C. The summed E-state index contributed by atoms with van der Waals surface area (Å²) in [5.74, 6) is -3.16. The zero-order valence-corrected chi connectivity index (χ0v) is 25.5. The highest BCUT2D eigenvalue weighted by Crippen LogP contribution is 2.20. The number of rotatable bonds is 12. The number of carboxylic acid groups (broad SMARTS) is 1. The molecule has 0 saturated carbocycles. The van der Waals surface area contributed by atoms with Gasteiger partial charge < -0.3 is 45.0 Å². The maximum Gasteiger partial charge on any atom is 0.336 e. The van der Waals surface area contributed by atoms with Crippen LogP contribution in [-0.2, 0) is 21.1 Å². The number of nitrogens with one attached hydrogen (secondary N) is 4. The average Bonchev–Trinajstić information content (AvgIpc) is 3.66. The molecule has 5 N–H and O–H groups in total. The van der Waals surface area contributed by atoms with Crippen molar-refractivity contribution in [1.82, 2.24) is 28.9 Å². The third kappa shape index (κ3) is 7.83. The molecule has 0 aromatic carbocycles. The molecule has 0 spiro atoms. The molecule has 0 aliphatic heterocycles. The van der Waals surface area contributed by atoms with Crippen molar-refractivity contribution in [1.29, 1.82) is 0 Å². The molecular weight excluding hydrogens is 582 g/mol. The van der Waals surface area contributed by atoms with Gasteiger partial charge in [-0.25, -0.2) is 4.79 Å². The minimum Gasteiger partial charge on any atom is -0.478 e. The number of carbonyl (C=O) groups is 5. The number of carboxylic acids is 1. The molecule has 236 valence electrons. The molecule has 0 bridgehead atoms. The van der Waals surface area contributed by atoms with Gasteiger partial charge >= 0.3 is 5.97 Å². The van der Waals surface area contributed by atoms with Crippen LogP contribution >= 0.6 is 0 Å². The van der Waals surface area contributed by atoms with Crippen LogP contribution in [-0.4, -0.2) is 85.5 Å². The Morgan fingerprint density at radius 1 is 0.733 bits per heavy atom. The summed E-state index contributed by atoms with van der Waals surface area (Å²) in [6.07, 6.45) is 7.96. The van der Waals surface area contributed by atoms with Crippen LogP contribution in [0.25, 0.3) is 0 Å². The zero-order chi connectivity index (χ0) is 32.8. The first-order valence-corrected chi connectivity index (χ1v) is 13.9. The first kappa shape index (κ1) is 32.2. The first-order valence-electron chi connectivity index (χ1n) is 13.9. The smallest absolute Gasteiger partial charge is 0.336 e. The molecule has 4 amide bonds. The van der Waals surface area contributed by atoms with Crippen LogP contribution in [0.2, 0.25) is 0 Å². The Bertz CT molecular complexity index is 1760. The van der Waals surface area contributed by atoms with Gasteiger partial charge in [-0.2, -0.15) is 0 Å². The van der Waals surface area contributed by atoms with Crippen LogP contribution < -0.4 is 21.3 Å². The first-order chi connectivity index (χ1) is 21.3. The molecule has 0 aliphatic carbocycles. The molecule has 0 radical (unpaired) electrons. The molecule has 0 atom stereocenters. The number of anilines is 3. The predicted octanol–water partition coefficient (Wildman–Crippen LogP) is 2.23. The lowest BCUT2D eigenvalue weighted by molar-refractivity contribution is 0.0691. The number of hydrogen-bond acceptors (Lipinski definition) is 7.